The molecule has 0 aromatic heterocycles. The zero-order valence-corrected chi connectivity index (χ0v) is 27.2. The number of hydrogen-bond donors (Lipinski definition) is 1. The molecule has 5 aromatic carbocycles. The molecule has 1 saturated heterocycles. The van der Waals surface area contributed by atoms with Crippen molar-refractivity contribution >= 4 is 0 Å². The first kappa shape index (κ1) is 34.2. The van der Waals surface area contributed by atoms with E-state index >= 15 is 0 Å². The summed E-state index contributed by atoms with van der Waals surface area (Å²) in [6.07, 6.45) is -4.67. The topological polar surface area (TPSA) is 66.4 Å². The second-order valence-corrected chi connectivity index (χ2v) is 11.8. The highest BCUT2D eigenvalue weighted by atomic mass is 19.1. The predicted molar refractivity (Wildman–Crippen MR) is 184 cm³/mol. The normalized spacial score (nSPS) is 21.7. The first-order chi connectivity index (χ1) is 24.0. The van der Waals surface area contributed by atoms with Gasteiger partial charge in [0.2, 0.25) is 0 Å². The molecule has 6 atom stereocenters. The van der Waals surface area contributed by atoms with Gasteiger partial charge in [-0.05, 0) is 46.5 Å². The molecule has 1 heterocycles. The maximum Gasteiger partial charge on any atom is 0.186 e. The van der Waals surface area contributed by atoms with E-state index in [1.165, 1.54) is 31.4 Å². The Morgan fingerprint density at radius 3 is 1.55 bits per heavy atom. The highest BCUT2D eigenvalue weighted by molar-refractivity contribution is 5.42. The smallest absolute Gasteiger partial charge is 0.186 e. The molecule has 0 aliphatic carbocycles. The number of ether oxygens (including phenoxy) is 5. The largest absolute Gasteiger partial charge is 0.371 e. The van der Waals surface area contributed by atoms with Gasteiger partial charge in [0.1, 0.15) is 30.2 Å². The number of rotatable bonds is 12. The molecule has 5 aromatic rings. The highest BCUT2D eigenvalue weighted by Crippen LogP contribution is 2.39. The van der Waals surface area contributed by atoms with E-state index in [0.717, 1.165) is 16.7 Å². The summed E-state index contributed by atoms with van der Waals surface area (Å²) in [6.45, 7) is 0.674. The molecule has 1 N–H and O–H groups in total. The van der Waals surface area contributed by atoms with Crippen LogP contribution in [-0.4, -0.2) is 42.9 Å². The second kappa shape index (κ2) is 16.6. The minimum atomic E-state index is -2.00. The van der Waals surface area contributed by atoms with Crippen LogP contribution in [0.15, 0.2) is 146 Å². The summed E-state index contributed by atoms with van der Waals surface area (Å²) < 4.78 is 46.8. The Morgan fingerprint density at radius 2 is 1.06 bits per heavy atom. The van der Waals surface area contributed by atoms with Gasteiger partial charge in [0.15, 0.2) is 11.9 Å². The minimum absolute atomic E-state index is 0.186. The molecule has 0 bridgehead atoms. The van der Waals surface area contributed by atoms with Crippen LogP contribution in [0.2, 0.25) is 0 Å². The zero-order valence-electron chi connectivity index (χ0n) is 27.2. The Balaban J connectivity index is 1.45. The van der Waals surface area contributed by atoms with Gasteiger partial charge in [-0.15, -0.1) is 0 Å². The van der Waals surface area contributed by atoms with E-state index in [-0.39, 0.29) is 19.8 Å². The fraction of sp³-hybridized carbons (Fsp3) is 0.238. The third-order valence-corrected chi connectivity index (χ3v) is 8.45. The monoisotopic (exact) mass is 658 g/mol. The number of halogens is 1. The van der Waals surface area contributed by atoms with Crippen LogP contribution in [-0.2, 0) is 49.1 Å². The van der Waals surface area contributed by atoms with Gasteiger partial charge in [-0.3, -0.25) is 0 Å². The zero-order chi connectivity index (χ0) is 33.9. The maximum atomic E-state index is 14.2. The fourth-order valence-electron chi connectivity index (χ4n) is 5.89. The van der Waals surface area contributed by atoms with Crippen molar-refractivity contribution in [1.82, 2.24) is 0 Å². The fourth-order valence-corrected chi connectivity index (χ4v) is 5.89. The van der Waals surface area contributed by atoms with Crippen LogP contribution in [0.4, 0.5) is 4.39 Å². The second-order valence-electron chi connectivity index (χ2n) is 11.8. The van der Waals surface area contributed by atoms with Gasteiger partial charge < -0.3 is 28.8 Å². The first-order valence-electron chi connectivity index (χ1n) is 16.2. The van der Waals surface area contributed by atoms with E-state index in [1.807, 2.05) is 121 Å². The number of methoxy groups -OCH3 is 1. The summed E-state index contributed by atoms with van der Waals surface area (Å²) in [5, 5.41) is 12.8. The van der Waals surface area contributed by atoms with E-state index in [1.54, 1.807) is 0 Å². The van der Waals surface area contributed by atoms with E-state index in [4.69, 9.17) is 23.7 Å². The van der Waals surface area contributed by atoms with Crippen molar-refractivity contribution in [1.29, 1.82) is 0 Å². The lowest BCUT2D eigenvalue weighted by atomic mass is 9.81. The molecule has 0 spiro atoms. The standard InChI is InChI=1S/C42H39FO6/c1-45-41-39(48-30-34-20-12-5-13-21-34)37(46-28-32-16-8-3-9-17-32)38(47-29-33-18-10-4-11-19-33)40(49-41)42(44,35-22-24-36(43)25-23-35)27-26-31-14-6-2-7-15-31/h2-25,37-41,44H,28-30H2,1H3/t37-,38-,39+,40-,41-,42-/m0/s1. The van der Waals surface area contributed by atoms with Gasteiger partial charge in [-0.1, -0.05) is 133 Å². The SMILES string of the molecule is CO[C@H]1O[C@H]([C@](O)(C#Cc2ccccc2)c2ccc(F)cc2)[C@@H](OCc2ccccc2)[C@H](OCc2ccccc2)[C@H]1OCc1ccccc1. The first-order valence-corrected chi connectivity index (χ1v) is 16.2. The Morgan fingerprint density at radius 1 is 0.612 bits per heavy atom. The van der Waals surface area contributed by atoms with E-state index in [9.17, 15) is 9.50 Å². The Bertz CT molecular complexity index is 1780. The van der Waals surface area contributed by atoms with Gasteiger partial charge >= 0.3 is 0 Å². The van der Waals surface area contributed by atoms with Crippen LogP contribution in [0.5, 0.6) is 0 Å². The Kier molecular flexibility index (Phi) is 11.6. The van der Waals surface area contributed by atoms with Crippen molar-refractivity contribution in [3.8, 4) is 11.8 Å². The van der Waals surface area contributed by atoms with E-state index < -0.39 is 42.1 Å². The van der Waals surface area contributed by atoms with Gasteiger partial charge in [-0.25, -0.2) is 4.39 Å². The quantitative estimate of drug-likeness (QED) is 0.143. The molecule has 0 unspecified atom stereocenters. The molecule has 1 aliphatic heterocycles. The average Bonchev–Trinajstić information content (AvgIpc) is 3.16. The van der Waals surface area contributed by atoms with Crippen LogP contribution in [0, 0.1) is 17.7 Å². The predicted octanol–water partition coefficient (Wildman–Crippen LogP) is 7.19. The van der Waals surface area contributed by atoms with Crippen LogP contribution in [0.3, 0.4) is 0 Å². The summed E-state index contributed by atoms with van der Waals surface area (Å²) in [5.74, 6) is 5.75. The number of benzene rings is 5. The summed E-state index contributed by atoms with van der Waals surface area (Å²) in [7, 11) is 1.52. The van der Waals surface area contributed by atoms with Crippen molar-refractivity contribution in [2.75, 3.05) is 7.11 Å². The third kappa shape index (κ3) is 8.69. The lowest BCUT2D eigenvalue weighted by molar-refractivity contribution is -0.337. The molecule has 1 fully saturated rings. The molecule has 6 rings (SSSR count). The molecule has 0 radical (unpaired) electrons. The summed E-state index contributed by atoms with van der Waals surface area (Å²) in [6, 6.07) is 44.2. The molecule has 6 nitrogen and oxygen atoms in total. The average molecular weight is 659 g/mol. The van der Waals surface area contributed by atoms with Crippen molar-refractivity contribution < 1.29 is 33.2 Å². The third-order valence-electron chi connectivity index (χ3n) is 8.45. The summed E-state index contributed by atoms with van der Waals surface area (Å²) in [4.78, 5) is 0. The van der Waals surface area contributed by atoms with E-state index in [2.05, 4.69) is 11.8 Å². The van der Waals surface area contributed by atoms with Gasteiger partial charge in [-0.2, -0.15) is 0 Å². The van der Waals surface area contributed by atoms with Crippen molar-refractivity contribution in [3.63, 3.8) is 0 Å². The lowest BCUT2D eigenvalue weighted by Crippen LogP contribution is -2.65. The molecule has 7 heteroatoms. The highest BCUT2D eigenvalue weighted by Gasteiger charge is 2.56. The lowest BCUT2D eigenvalue weighted by Gasteiger charge is -2.49. The van der Waals surface area contributed by atoms with Gasteiger partial charge in [0.25, 0.3) is 0 Å². The molecule has 49 heavy (non-hydrogen) atoms. The molecule has 1 aliphatic rings. The Hall–Kier alpha value is -4.65. The molecule has 0 saturated carbocycles. The summed E-state index contributed by atoms with van der Waals surface area (Å²) in [5.41, 5.74) is 1.83. The molecular formula is C42H39FO6. The van der Waals surface area contributed by atoms with Gasteiger partial charge in [0.05, 0.1) is 19.8 Å². The van der Waals surface area contributed by atoms with E-state index in [0.29, 0.717) is 11.1 Å². The van der Waals surface area contributed by atoms with Crippen molar-refractivity contribution in [2.45, 2.75) is 56.1 Å². The van der Waals surface area contributed by atoms with Crippen LogP contribution in [0.25, 0.3) is 0 Å². The number of aliphatic hydroxyl groups is 1. The summed E-state index contributed by atoms with van der Waals surface area (Å²) >= 11 is 0. The van der Waals surface area contributed by atoms with Crippen LogP contribution in [0.1, 0.15) is 27.8 Å². The van der Waals surface area contributed by atoms with Crippen LogP contribution < -0.4 is 0 Å². The minimum Gasteiger partial charge on any atom is -0.371 e. The maximum absolute atomic E-state index is 14.2. The Labute approximate surface area is 287 Å². The molecule has 250 valence electrons. The van der Waals surface area contributed by atoms with Gasteiger partial charge in [0, 0.05) is 12.7 Å². The molecule has 0 amide bonds. The molecular weight excluding hydrogens is 619 g/mol. The van der Waals surface area contributed by atoms with Crippen molar-refractivity contribution in [2.24, 2.45) is 0 Å². The van der Waals surface area contributed by atoms with Crippen molar-refractivity contribution in [3.05, 3.63) is 179 Å². The van der Waals surface area contributed by atoms with Crippen LogP contribution >= 0.6 is 0 Å². The number of hydrogen-bond acceptors (Lipinski definition) is 6.